The van der Waals surface area contributed by atoms with Crippen molar-refractivity contribution in [1.82, 2.24) is 5.16 Å². The van der Waals surface area contributed by atoms with E-state index in [1.807, 2.05) is 18.2 Å². The van der Waals surface area contributed by atoms with E-state index in [1.54, 1.807) is 26.4 Å². The number of hydrogen-bond acceptors (Lipinski definition) is 4. The normalized spacial score (nSPS) is 10.9. The number of fused-ring (bicyclic) bond motifs is 1. The summed E-state index contributed by atoms with van der Waals surface area (Å²) in [7, 11) is 3.16. The first-order valence-corrected chi connectivity index (χ1v) is 7.56. The highest BCUT2D eigenvalue weighted by atomic mass is 127. The molecule has 0 bridgehead atoms. The lowest BCUT2D eigenvalue weighted by Crippen LogP contribution is -1.92. The van der Waals surface area contributed by atoms with E-state index in [0.717, 1.165) is 20.1 Å². The molecule has 0 saturated heterocycles. The van der Waals surface area contributed by atoms with Crippen LogP contribution in [0.25, 0.3) is 22.2 Å². The van der Waals surface area contributed by atoms with Crippen LogP contribution in [0.2, 0.25) is 5.02 Å². The maximum absolute atomic E-state index is 6.22. The van der Waals surface area contributed by atoms with Crippen molar-refractivity contribution >= 4 is 45.2 Å². The monoisotopic (exact) mass is 415 g/mol. The minimum Gasteiger partial charge on any atom is -0.496 e. The minimum absolute atomic E-state index is 0.495. The van der Waals surface area contributed by atoms with Crippen molar-refractivity contribution in [1.29, 1.82) is 0 Å². The standard InChI is InChI=1S/C15H11ClINO3/c1-19-13-7-14(20-2)11(16)6-10(13)15-9-5-8(17)3-4-12(9)21-18-15/h3-7H,1-2H3. The molecule has 0 unspecified atom stereocenters. The van der Waals surface area contributed by atoms with E-state index in [-0.39, 0.29) is 0 Å². The molecule has 0 fully saturated rings. The van der Waals surface area contributed by atoms with Crippen LogP contribution >= 0.6 is 34.2 Å². The molecule has 3 rings (SSSR count). The highest BCUT2D eigenvalue weighted by Gasteiger charge is 2.17. The van der Waals surface area contributed by atoms with Crippen LogP contribution in [-0.2, 0) is 0 Å². The van der Waals surface area contributed by atoms with Crippen molar-refractivity contribution in [2.75, 3.05) is 14.2 Å². The van der Waals surface area contributed by atoms with Gasteiger partial charge in [0.05, 0.1) is 24.6 Å². The van der Waals surface area contributed by atoms with Gasteiger partial charge in [-0.1, -0.05) is 16.8 Å². The van der Waals surface area contributed by atoms with Crippen LogP contribution in [0.15, 0.2) is 34.9 Å². The summed E-state index contributed by atoms with van der Waals surface area (Å²) in [6.45, 7) is 0. The van der Waals surface area contributed by atoms with Crippen LogP contribution in [0.1, 0.15) is 0 Å². The number of hydrogen-bond donors (Lipinski definition) is 0. The molecule has 1 aromatic heterocycles. The fourth-order valence-corrected chi connectivity index (χ4v) is 2.88. The highest BCUT2D eigenvalue weighted by Crippen LogP contribution is 2.40. The zero-order chi connectivity index (χ0) is 15.0. The molecular formula is C15H11ClINO3. The number of aromatic nitrogens is 1. The van der Waals surface area contributed by atoms with E-state index in [9.17, 15) is 0 Å². The maximum atomic E-state index is 6.22. The summed E-state index contributed by atoms with van der Waals surface area (Å²) in [5.74, 6) is 1.19. The van der Waals surface area contributed by atoms with Gasteiger partial charge in [0.2, 0.25) is 0 Å². The third kappa shape index (κ3) is 2.55. The lowest BCUT2D eigenvalue weighted by molar-refractivity contribution is 0.395. The lowest BCUT2D eigenvalue weighted by atomic mass is 10.1. The van der Waals surface area contributed by atoms with Gasteiger partial charge in [0, 0.05) is 15.2 Å². The molecule has 3 aromatic rings. The van der Waals surface area contributed by atoms with Crippen molar-refractivity contribution in [3.63, 3.8) is 0 Å². The molecule has 0 spiro atoms. The summed E-state index contributed by atoms with van der Waals surface area (Å²) >= 11 is 8.47. The molecule has 0 aliphatic heterocycles. The zero-order valence-corrected chi connectivity index (χ0v) is 14.2. The molecular weight excluding hydrogens is 405 g/mol. The number of benzene rings is 2. The Bertz CT molecular complexity index is 816. The molecule has 21 heavy (non-hydrogen) atoms. The van der Waals surface area contributed by atoms with Gasteiger partial charge in [-0.15, -0.1) is 0 Å². The average Bonchev–Trinajstić information content (AvgIpc) is 2.89. The maximum Gasteiger partial charge on any atom is 0.167 e. The molecule has 6 heteroatoms. The molecule has 0 aliphatic rings. The summed E-state index contributed by atoms with van der Waals surface area (Å²) < 4.78 is 17.1. The number of halogens is 2. The fourth-order valence-electron chi connectivity index (χ4n) is 2.15. The van der Waals surface area contributed by atoms with E-state index in [1.165, 1.54) is 0 Å². The minimum atomic E-state index is 0.495. The highest BCUT2D eigenvalue weighted by molar-refractivity contribution is 14.1. The van der Waals surface area contributed by atoms with E-state index in [4.69, 9.17) is 25.6 Å². The Morgan fingerprint density at radius 2 is 1.86 bits per heavy atom. The van der Waals surface area contributed by atoms with Gasteiger partial charge < -0.3 is 14.0 Å². The van der Waals surface area contributed by atoms with Crippen LogP contribution in [0.3, 0.4) is 0 Å². The third-order valence-electron chi connectivity index (χ3n) is 3.16. The Morgan fingerprint density at radius 1 is 1.10 bits per heavy atom. The van der Waals surface area contributed by atoms with Crippen LogP contribution in [-0.4, -0.2) is 19.4 Å². The summed E-state index contributed by atoms with van der Waals surface area (Å²) in [6, 6.07) is 9.39. The summed E-state index contributed by atoms with van der Waals surface area (Å²) in [6.07, 6.45) is 0. The molecule has 0 amide bonds. The first-order chi connectivity index (χ1) is 10.1. The second-order valence-electron chi connectivity index (χ2n) is 4.36. The van der Waals surface area contributed by atoms with Crippen molar-refractivity contribution in [3.05, 3.63) is 38.9 Å². The molecule has 4 nitrogen and oxygen atoms in total. The largest absolute Gasteiger partial charge is 0.496 e. The second kappa shape index (κ2) is 5.73. The smallest absolute Gasteiger partial charge is 0.167 e. The average molecular weight is 416 g/mol. The van der Waals surface area contributed by atoms with Crippen molar-refractivity contribution in [2.24, 2.45) is 0 Å². The lowest BCUT2D eigenvalue weighted by Gasteiger charge is -2.10. The molecule has 0 radical (unpaired) electrons. The number of methoxy groups -OCH3 is 2. The first kappa shape index (κ1) is 14.5. The SMILES string of the molecule is COc1cc(OC)c(-c2noc3ccc(I)cc23)cc1Cl. The van der Waals surface area contributed by atoms with E-state index >= 15 is 0 Å². The Morgan fingerprint density at radius 3 is 2.57 bits per heavy atom. The molecule has 0 saturated carbocycles. The molecule has 1 heterocycles. The number of nitrogens with zero attached hydrogens (tertiary/aromatic N) is 1. The predicted octanol–water partition coefficient (Wildman–Crippen LogP) is 4.77. The van der Waals surface area contributed by atoms with Gasteiger partial charge in [0.25, 0.3) is 0 Å². The van der Waals surface area contributed by atoms with Gasteiger partial charge in [-0.3, -0.25) is 0 Å². The van der Waals surface area contributed by atoms with Gasteiger partial charge >= 0.3 is 0 Å². The van der Waals surface area contributed by atoms with Gasteiger partial charge in [0.1, 0.15) is 17.2 Å². The van der Waals surface area contributed by atoms with Crippen LogP contribution < -0.4 is 9.47 Å². The second-order valence-corrected chi connectivity index (χ2v) is 6.01. The van der Waals surface area contributed by atoms with E-state index in [2.05, 4.69) is 27.7 Å². The zero-order valence-electron chi connectivity index (χ0n) is 11.3. The summed E-state index contributed by atoms with van der Waals surface area (Å²) in [5.41, 5.74) is 2.19. The third-order valence-corrected chi connectivity index (χ3v) is 4.13. The van der Waals surface area contributed by atoms with Crippen LogP contribution in [0.4, 0.5) is 0 Å². The summed E-state index contributed by atoms with van der Waals surface area (Å²) in [4.78, 5) is 0. The quantitative estimate of drug-likeness (QED) is 0.578. The van der Waals surface area contributed by atoms with E-state index < -0.39 is 0 Å². The molecule has 0 N–H and O–H groups in total. The van der Waals surface area contributed by atoms with Crippen molar-refractivity contribution in [2.45, 2.75) is 0 Å². The van der Waals surface area contributed by atoms with Gasteiger partial charge in [-0.05, 0) is 46.9 Å². The van der Waals surface area contributed by atoms with Crippen molar-refractivity contribution < 1.29 is 14.0 Å². The molecule has 108 valence electrons. The van der Waals surface area contributed by atoms with Crippen molar-refractivity contribution in [3.8, 4) is 22.8 Å². The molecule has 2 aromatic carbocycles. The Hall–Kier alpha value is -1.47. The van der Waals surface area contributed by atoms with Crippen LogP contribution in [0.5, 0.6) is 11.5 Å². The number of ether oxygens (including phenoxy) is 2. The van der Waals surface area contributed by atoms with Gasteiger partial charge in [-0.2, -0.15) is 0 Å². The predicted molar refractivity (Wildman–Crippen MR) is 90.3 cm³/mol. The first-order valence-electron chi connectivity index (χ1n) is 6.11. The van der Waals surface area contributed by atoms with Gasteiger partial charge in [0.15, 0.2) is 5.58 Å². The molecule has 0 atom stereocenters. The number of rotatable bonds is 3. The Kier molecular flexibility index (Phi) is 3.95. The Labute approximate surface area is 140 Å². The molecule has 0 aliphatic carbocycles. The van der Waals surface area contributed by atoms with Crippen LogP contribution in [0, 0.1) is 3.57 Å². The Balaban J connectivity index is 2.27. The van der Waals surface area contributed by atoms with E-state index in [0.29, 0.717) is 22.2 Å². The summed E-state index contributed by atoms with van der Waals surface area (Å²) in [5, 5.41) is 5.57. The topological polar surface area (TPSA) is 44.5 Å². The van der Waals surface area contributed by atoms with Gasteiger partial charge in [-0.25, -0.2) is 0 Å². The fraction of sp³-hybridized carbons (Fsp3) is 0.133.